The molecule has 0 aliphatic heterocycles. The number of ether oxygens (including phenoxy) is 1. The molecular weight excluding hydrogens is 246 g/mol. The van der Waals surface area contributed by atoms with Crippen LogP contribution in [0, 0.1) is 13.8 Å². The Labute approximate surface area is 121 Å². The smallest absolute Gasteiger partial charge is 0.118 e. The van der Waals surface area contributed by atoms with E-state index in [1.165, 1.54) is 22.3 Å². The lowest BCUT2D eigenvalue weighted by Gasteiger charge is -2.15. The van der Waals surface area contributed by atoms with Crippen LogP contribution in [-0.4, -0.2) is 7.11 Å². The zero-order chi connectivity index (χ0) is 14.5. The lowest BCUT2D eigenvalue weighted by Crippen LogP contribution is -2.18. The molecule has 0 radical (unpaired) electrons. The van der Waals surface area contributed by atoms with Crippen molar-refractivity contribution in [2.24, 2.45) is 0 Å². The molecule has 0 aromatic heterocycles. The molecule has 1 N–H and O–H groups in total. The van der Waals surface area contributed by atoms with Crippen LogP contribution in [0.3, 0.4) is 0 Å². The lowest BCUT2D eigenvalue weighted by molar-refractivity contribution is 0.414. The molecule has 2 aromatic carbocycles. The van der Waals surface area contributed by atoms with Crippen LogP contribution in [0.2, 0.25) is 0 Å². The highest BCUT2D eigenvalue weighted by Crippen LogP contribution is 2.18. The van der Waals surface area contributed by atoms with Gasteiger partial charge in [0.15, 0.2) is 0 Å². The van der Waals surface area contributed by atoms with E-state index >= 15 is 0 Å². The third kappa shape index (κ3) is 3.61. The van der Waals surface area contributed by atoms with Gasteiger partial charge in [-0.05, 0) is 55.2 Å². The van der Waals surface area contributed by atoms with Gasteiger partial charge in [0.05, 0.1) is 7.11 Å². The number of hydrogen-bond donors (Lipinski definition) is 1. The molecule has 1 unspecified atom stereocenters. The van der Waals surface area contributed by atoms with E-state index in [1.807, 2.05) is 12.1 Å². The average molecular weight is 269 g/mol. The third-order valence-electron chi connectivity index (χ3n) is 3.80. The molecule has 2 nitrogen and oxygen atoms in total. The summed E-state index contributed by atoms with van der Waals surface area (Å²) in [6.07, 6.45) is 0. The van der Waals surface area contributed by atoms with Gasteiger partial charge < -0.3 is 10.1 Å². The number of hydrogen-bond acceptors (Lipinski definition) is 2. The van der Waals surface area contributed by atoms with E-state index < -0.39 is 0 Å². The van der Waals surface area contributed by atoms with Crippen molar-refractivity contribution in [2.75, 3.05) is 7.11 Å². The van der Waals surface area contributed by atoms with E-state index in [4.69, 9.17) is 4.74 Å². The van der Waals surface area contributed by atoms with E-state index in [-0.39, 0.29) is 0 Å². The van der Waals surface area contributed by atoms with Crippen molar-refractivity contribution < 1.29 is 4.74 Å². The first kappa shape index (κ1) is 14.6. The number of nitrogens with one attached hydrogen (secondary N) is 1. The normalized spacial score (nSPS) is 12.2. The minimum absolute atomic E-state index is 0.322. The van der Waals surface area contributed by atoms with Gasteiger partial charge in [-0.2, -0.15) is 0 Å². The van der Waals surface area contributed by atoms with E-state index in [0.29, 0.717) is 6.04 Å². The SMILES string of the molecule is COc1ccc(C(C)NCc2ccc(C)c(C)c2)cc1. The van der Waals surface area contributed by atoms with Crippen LogP contribution in [0.25, 0.3) is 0 Å². The second kappa shape index (κ2) is 6.58. The molecule has 0 spiro atoms. The highest BCUT2D eigenvalue weighted by molar-refractivity contribution is 5.31. The Kier molecular flexibility index (Phi) is 4.80. The summed E-state index contributed by atoms with van der Waals surface area (Å²) >= 11 is 0. The molecule has 2 aromatic rings. The maximum Gasteiger partial charge on any atom is 0.118 e. The molecule has 1 atom stereocenters. The molecule has 2 rings (SSSR count). The van der Waals surface area contributed by atoms with Crippen molar-refractivity contribution >= 4 is 0 Å². The zero-order valence-corrected chi connectivity index (χ0v) is 12.7. The topological polar surface area (TPSA) is 21.3 Å². The molecule has 0 aliphatic rings. The molecule has 0 amide bonds. The second-order valence-corrected chi connectivity index (χ2v) is 5.29. The van der Waals surface area contributed by atoms with Crippen LogP contribution in [0.5, 0.6) is 5.75 Å². The number of rotatable bonds is 5. The summed E-state index contributed by atoms with van der Waals surface area (Å²) < 4.78 is 5.18. The van der Waals surface area contributed by atoms with E-state index in [0.717, 1.165) is 12.3 Å². The summed E-state index contributed by atoms with van der Waals surface area (Å²) in [4.78, 5) is 0. The van der Waals surface area contributed by atoms with Gasteiger partial charge in [-0.15, -0.1) is 0 Å². The standard InChI is InChI=1S/C18H23NO/c1-13-5-6-16(11-14(13)2)12-19-15(3)17-7-9-18(20-4)10-8-17/h5-11,15,19H,12H2,1-4H3. The summed E-state index contributed by atoms with van der Waals surface area (Å²) in [5.41, 5.74) is 5.29. The van der Waals surface area contributed by atoms with E-state index in [1.54, 1.807) is 7.11 Å². The van der Waals surface area contributed by atoms with Crippen molar-refractivity contribution in [1.82, 2.24) is 5.32 Å². The molecule has 0 heterocycles. The van der Waals surface area contributed by atoms with Gasteiger partial charge in [0.1, 0.15) is 5.75 Å². The van der Waals surface area contributed by atoms with Crippen molar-refractivity contribution in [1.29, 1.82) is 0 Å². The predicted octanol–water partition coefficient (Wildman–Crippen LogP) is 4.16. The Bertz CT molecular complexity index is 560. The fraction of sp³-hybridized carbons (Fsp3) is 0.333. The van der Waals surface area contributed by atoms with Crippen molar-refractivity contribution in [3.63, 3.8) is 0 Å². The molecule has 0 fully saturated rings. The zero-order valence-electron chi connectivity index (χ0n) is 12.7. The van der Waals surface area contributed by atoms with Gasteiger partial charge in [0.25, 0.3) is 0 Å². The van der Waals surface area contributed by atoms with Gasteiger partial charge in [-0.1, -0.05) is 30.3 Å². The molecule has 0 saturated carbocycles. The minimum atomic E-state index is 0.322. The maximum absolute atomic E-state index is 5.18. The summed E-state index contributed by atoms with van der Waals surface area (Å²) in [5, 5.41) is 3.56. The number of benzene rings is 2. The monoisotopic (exact) mass is 269 g/mol. The van der Waals surface area contributed by atoms with Crippen LogP contribution >= 0.6 is 0 Å². The van der Waals surface area contributed by atoms with E-state index in [2.05, 4.69) is 56.4 Å². The van der Waals surface area contributed by atoms with Crippen LogP contribution in [-0.2, 0) is 6.54 Å². The van der Waals surface area contributed by atoms with Gasteiger partial charge in [-0.3, -0.25) is 0 Å². The van der Waals surface area contributed by atoms with Crippen LogP contribution < -0.4 is 10.1 Å². The highest BCUT2D eigenvalue weighted by Gasteiger charge is 2.05. The fourth-order valence-electron chi connectivity index (χ4n) is 2.19. The summed E-state index contributed by atoms with van der Waals surface area (Å²) in [6.45, 7) is 7.37. The molecule has 0 aliphatic carbocycles. The lowest BCUT2D eigenvalue weighted by atomic mass is 10.1. The quantitative estimate of drug-likeness (QED) is 0.880. The van der Waals surface area contributed by atoms with Crippen LogP contribution in [0.15, 0.2) is 42.5 Å². The third-order valence-corrected chi connectivity index (χ3v) is 3.80. The van der Waals surface area contributed by atoms with Crippen LogP contribution in [0.1, 0.15) is 35.2 Å². The summed E-state index contributed by atoms with van der Waals surface area (Å²) in [6, 6.07) is 15.2. The van der Waals surface area contributed by atoms with Crippen molar-refractivity contribution in [3.8, 4) is 5.75 Å². The van der Waals surface area contributed by atoms with Gasteiger partial charge in [-0.25, -0.2) is 0 Å². The minimum Gasteiger partial charge on any atom is -0.497 e. The first-order valence-corrected chi connectivity index (χ1v) is 7.03. The van der Waals surface area contributed by atoms with Crippen LogP contribution in [0.4, 0.5) is 0 Å². The van der Waals surface area contributed by atoms with Crippen molar-refractivity contribution in [2.45, 2.75) is 33.4 Å². The second-order valence-electron chi connectivity index (χ2n) is 5.29. The maximum atomic E-state index is 5.18. The molecule has 0 saturated heterocycles. The molecular formula is C18H23NO. The van der Waals surface area contributed by atoms with Gasteiger partial charge in [0, 0.05) is 12.6 Å². The first-order valence-electron chi connectivity index (χ1n) is 7.03. The molecule has 106 valence electrons. The van der Waals surface area contributed by atoms with E-state index in [9.17, 15) is 0 Å². The fourth-order valence-corrected chi connectivity index (χ4v) is 2.19. The Morgan fingerprint density at radius 1 is 1.00 bits per heavy atom. The Hall–Kier alpha value is -1.80. The predicted molar refractivity (Wildman–Crippen MR) is 84.2 cm³/mol. The summed E-state index contributed by atoms with van der Waals surface area (Å²) in [5.74, 6) is 0.898. The molecule has 0 bridgehead atoms. The highest BCUT2D eigenvalue weighted by atomic mass is 16.5. The first-order chi connectivity index (χ1) is 9.60. The molecule has 2 heteroatoms. The Morgan fingerprint density at radius 2 is 1.70 bits per heavy atom. The molecule has 20 heavy (non-hydrogen) atoms. The van der Waals surface area contributed by atoms with Gasteiger partial charge >= 0.3 is 0 Å². The van der Waals surface area contributed by atoms with Crippen molar-refractivity contribution in [3.05, 3.63) is 64.7 Å². The van der Waals surface area contributed by atoms with Gasteiger partial charge in [0.2, 0.25) is 0 Å². The number of methoxy groups -OCH3 is 1. The summed E-state index contributed by atoms with van der Waals surface area (Å²) in [7, 11) is 1.69. The Balaban J connectivity index is 1.96. The largest absolute Gasteiger partial charge is 0.497 e. The number of aryl methyl sites for hydroxylation is 2. The average Bonchev–Trinajstić information content (AvgIpc) is 2.48. The Morgan fingerprint density at radius 3 is 2.30 bits per heavy atom.